The highest BCUT2D eigenvalue weighted by atomic mass is 35.5. The van der Waals surface area contributed by atoms with Gasteiger partial charge >= 0.3 is 12.2 Å². The molecule has 0 fully saturated rings. The summed E-state index contributed by atoms with van der Waals surface area (Å²) in [6.45, 7) is 2.70. The molecule has 1 aliphatic rings. The summed E-state index contributed by atoms with van der Waals surface area (Å²) in [6, 6.07) is 18.7. The second kappa shape index (κ2) is 13.1. The molecule has 0 aliphatic carbocycles. The van der Waals surface area contributed by atoms with E-state index in [1.807, 2.05) is 42.5 Å². The SMILES string of the molecule is CCOC(=O)NCC(O)CCOc1ccc(C2c3[nH]c4ccc(Cl)cc4c3CCN2C(=O)Oc2ccc(O)cc2)cc1. The van der Waals surface area contributed by atoms with Crippen LogP contribution in [0, 0.1) is 0 Å². The number of nitrogens with zero attached hydrogens (tertiary/aromatic N) is 1. The van der Waals surface area contributed by atoms with E-state index >= 15 is 0 Å². The number of alkyl carbamates (subject to hydrolysis) is 1. The molecule has 0 radical (unpaired) electrons. The molecule has 1 aliphatic heterocycles. The van der Waals surface area contributed by atoms with Crippen LogP contribution in [0.2, 0.25) is 5.02 Å². The summed E-state index contributed by atoms with van der Waals surface area (Å²) < 4.78 is 16.3. The fraction of sp³-hybridized carbons (Fsp3) is 0.290. The first-order valence-electron chi connectivity index (χ1n) is 13.7. The third-order valence-electron chi connectivity index (χ3n) is 7.04. The van der Waals surface area contributed by atoms with E-state index in [2.05, 4.69) is 10.3 Å². The van der Waals surface area contributed by atoms with Gasteiger partial charge in [0.2, 0.25) is 0 Å². The van der Waals surface area contributed by atoms with Crippen molar-refractivity contribution in [1.82, 2.24) is 15.2 Å². The smallest absolute Gasteiger partial charge is 0.416 e. The lowest BCUT2D eigenvalue weighted by atomic mass is 9.92. The minimum Gasteiger partial charge on any atom is -0.508 e. The largest absolute Gasteiger partial charge is 0.508 e. The molecule has 3 aromatic carbocycles. The number of ether oxygens (including phenoxy) is 3. The van der Waals surface area contributed by atoms with E-state index in [1.54, 1.807) is 24.0 Å². The quantitative estimate of drug-likeness (QED) is 0.200. The number of fused-ring (bicyclic) bond motifs is 3. The molecule has 42 heavy (non-hydrogen) atoms. The predicted molar refractivity (Wildman–Crippen MR) is 157 cm³/mol. The Hall–Kier alpha value is -4.41. The number of aliphatic hydroxyl groups is 1. The van der Waals surface area contributed by atoms with Gasteiger partial charge < -0.3 is 34.7 Å². The van der Waals surface area contributed by atoms with Crippen LogP contribution in [0.15, 0.2) is 66.7 Å². The van der Waals surface area contributed by atoms with Gasteiger partial charge in [-0.05, 0) is 79.1 Å². The molecule has 2 unspecified atom stereocenters. The minimum atomic E-state index is -0.780. The van der Waals surface area contributed by atoms with Crippen molar-refractivity contribution in [1.29, 1.82) is 0 Å². The van der Waals surface area contributed by atoms with Crippen molar-refractivity contribution in [3.05, 3.63) is 88.6 Å². The van der Waals surface area contributed by atoms with Crippen LogP contribution in [0.1, 0.15) is 36.2 Å². The Morgan fingerprint density at radius 3 is 2.57 bits per heavy atom. The van der Waals surface area contributed by atoms with Gasteiger partial charge in [-0.2, -0.15) is 0 Å². The number of aromatic amines is 1. The number of aromatic hydroxyl groups is 1. The van der Waals surface area contributed by atoms with Crippen LogP contribution in [0.4, 0.5) is 9.59 Å². The van der Waals surface area contributed by atoms with Crippen LogP contribution in [-0.4, -0.2) is 64.7 Å². The maximum Gasteiger partial charge on any atom is 0.416 e. The Morgan fingerprint density at radius 2 is 1.83 bits per heavy atom. The Bertz CT molecular complexity index is 1540. The van der Waals surface area contributed by atoms with Crippen molar-refractivity contribution in [2.75, 3.05) is 26.3 Å². The molecule has 0 bridgehead atoms. The molecule has 4 N–H and O–H groups in total. The normalized spacial score (nSPS) is 15.1. The Kier molecular flexibility index (Phi) is 9.04. The number of carbonyl (C=O) groups is 2. The number of phenols is 1. The van der Waals surface area contributed by atoms with Gasteiger partial charge in [-0.25, -0.2) is 9.59 Å². The number of hydrogen-bond donors (Lipinski definition) is 4. The fourth-order valence-corrected chi connectivity index (χ4v) is 5.19. The number of benzene rings is 3. The molecular formula is C31H32ClN3O7. The third kappa shape index (κ3) is 6.72. The molecule has 1 aromatic heterocycles. The molecular weight excluding hydrogens is 562 g/mol. The third-order valence-corrected chi connectivity index (χ3v) is 7.27. The van der Waals surface area contributed by atoms with Crippen molar-refractivity contribution in [2.24, 2.45) is 0 Å². The summed E-state index contributed by atoms with van der Waals surface area (Å²) >= 11 is 6.30. The number of hydrogen-bond acceptors (Lipinski definition) is 7. The topological polar surface area (TPSA) is 133 Å². The molecule has 2 heterocycles. The number of aromatic nitrogens is 1. The molecule has 220 valence electrons. The van der Waals surface area contributed by atoms with Gasteiger partial charge in [0, 0.05) is 41.1 Å². The second-order valence-corrected chi connectivity index (χ2v) is 10.3. The lowest BCUT2D eigenvalue weighted by molar-refractivity contribution is 0.120. The zero-order chi connectivity index (χ0) is 29.6. The summed E-state index contributed by atoms with van der Waals surface area (Å²) in [7, 11) is 0. The van der Waals surface area contributed by atoms with E-state index in [-0.39, 0.29) is 25.5 Å². The molecule has 2 atom stereocenters. The molecule has 11 heteroatoms. The Labute approximate surface area is 247 Å². The first-order valence-corrected chi connectivity index (χ1v) is 14.1. The first kappa shape index (κ1) is 29.1. The molecule has 0 spiro atoms. The summed E-state index contributed by atoms with van der Waals surface area (Å²) in [5, 5.41) is 23.8. The zero-order valence-electron chi connectivity index (χ0n) is 23.0. The van der Waals surface area contributed by atoms with E-state index < -0.39 is 24.3 Å². The number of nitrogens with one attached hydrogen (secondary N) is 2. The van der Waals surface area contributed by atoms with Gasteiger partial charge in [-0.15, -0.1) is 0 Å². The van der Waals surface area contributed by atoms with Gasteiger partial charge in [0.05, 0.1) is 19.3 Å². The Balaban J connectivity index is 1.33. The average molecular weight is 594 g/mol. The van der Waals surface area contributed by atoms with Crippen molar-refractivity contribution >= 4 is 34.7 Å². The standard InChI is InChI=1S/C31H32ClN3O7/c1-2-40-30(38)33-18-22(37)14-16-41-23-8-3-19(4-9-23)29-28-25(26-17-20(32)5-12-27(26)34-28)13-15-35(29)31(39)42-24-10-6-21(36)7-11-24/h3-12,17,22,29,34,36-37H,2,13-16,18H2,1H3,(H,33,38). The van der Waals surface area contributed by atoms with E-state index in [9.17, 15) is 19.8 Å². The summed E-state index contributed by atoms with van der Waals surface area (Å²) in [5.74, 6) is 1.01. The van der Waals surface area contributed by atoms with Crippen LogP contribution in [-0.2, 0) is 11.2 Å². The Morgan fingerprint density at radius 1 is 1.10 bits per heavy atom. The van der Waals surface area contributed by atoms with Crippen LogP contribution < -0.4 is 14.8 Å². The van der Waals surface area contributed by atoms with Crippen molar-refractivity contribution in [3.8, 4) is 17.2 Å². The molecule has 5 rings (SSSR count). The van der Waals surface area contributed by atoms with Crippen LogP contribution in [0.5, 0.6) is 17.2 Å². The van der Waals surface area contributed by atoms with Crippen molar-refractivity contribution in [2.45, 2.75) is 31.9 Å². The van der Waals surface area contributed by atoms with E-state index in [0.717, 1.165) is 27.7 Å². The lowest BCUT2D eigenvalue weighted by Crippen LogP contribution is -2.42. The summed E-state index contributed by atoms with van der Waals surface area (Å²) in [5.41, 5.74) is 3.75. The number of phenolic OH excluding ortho intramolecular Hbond substituents is 1. The number of amides is 2. The van der Waals surface area contributed by atoms with Crippen molar-refractivity contribution in [3.63, 3.8) is 0 Å². The lowest BCUT2D eigenvalue weighted by Gasteiger charge is -2.35. The van der Waals surface area contributed by atoms with E-state index in [1.165, 1.54) is 12.1 Å². The zero-order valence-corrected chi connectivity index (χ0v) is 23.8. The molecule has 10 nitrogen and oxygen atoms in total. The van der Waals surface area contributed by atoms with Gasteiger partial charge in [0.15, 0.2) is 0 Å². The maximum atomic E-state index is 13.4. The van der Waals surface area contributed by atoms with Crippen LogP contribution >= 0.6 is 11.6 Å². The van der Waals surface area contributed by atoms with Crippen LogP contribution in [0.3, 0.4) is 0 Å². The maximum absolute atomic E-state index is 13.4. The number of carbonyl (C=O) groups excluding carboxylic acids is 2. The molecule has 4 aromatic rings. The number of rotatable bonds is 9. The highest BCUT2D eigenvalue weighted by Gasteiger charge is 2.35. The molecule has 0 saturated heterocycles. The highest BCUT2D eigenvalue weighted by molar-refractivity contribution is 6.31. The molecule has 0 saturated carbocycles. The summed E-state index contributed by atoms with van der Waals surface area (Å²) in [6.07, 6.45) is -0.935. The number of H-pyrrole nitrogens is 1. The van der Waals surface area contributed by atoms with Gasteiger partial charge in [0.25, 0.3) is 0 Å². The number of halogens is 1. The highest BCUT2D eigenvalue weighted by Crippen LogP contribution is 2.40. The predicted octanol–water partition coefficient (Wildman–Crippen LogP) is 5.55. The monoisotopic (exact) mass is 593 g/mol. The van der Waals surface area contributed by atoms with Gasteiger partial charge in [0.1, 0.15) is 23.3 Å². The number of aliphatic hydroxyl groups excluding tert-OH is 1. The fourth-order valence-electron chi connectivity index (χ4n) is 5.02. The van der Waals surface area contributed by atoms with Gasteiger partial charge in [-0.1, -0.05) is 23.7 Å². The van der Waals surface area contributed by atoms with E-state index in [4.69, 9.17) is 25.8 Å². The molecule has 2 amide bonds. The van der Waals surface area contributed by atoms with Crippen LogP contribution in [0.25, 0.3) is 10.9 Å². The first-order chi connectivity index (χ1) is 20.3. The summed E-state index contributed by atoms with van der Waals surface area (Å²) in [4.78, 5) is 30.0. The second-order valence-electron chi connectivity index (χ2n) is 9.88. The average Bonchev–Trinajstić information content (AvgIpc) is 3.35. The van der Waals surface area contributed by atoms with Gasteiger partial charge in [-0.3, -0.25) is 4.90 Å². The van der Waals surface area contributed by atoms with E-state index in [0.29, 0.717) is 35.9 Å². The van der Waals surface area contributed by atoms with Crippen molar-refractivity contribution < 1.29 is 34.0 Å². The minimum absolute atomic E-state index is 0.0664.